The van der Waals surface area contributed by atoms with Crippen LogP contribution in [-0.4, -0.2) is 32.7 Å². The molecule has 0 fully saturated rings. The third-order valence-corrected chi connectivity index (χ3v) is 0.500. The largest absolute Gasteiger partial charge is 1.00 e. The highest BCUT2D eigenvalue weighted by molar-refractivity contribution is 4.12. The van der Waals surface area contributed by atoms with Crippen molar-refractivity contribution in [3.63, 3.8) is 0 Å². The van der Waals surface area contributed by atoms with Gasteiger partial charge in [-0.25, -0.2) is 0 Å². The summed E-state index contributed by atoms with van der Waals surface area (Å²) < 4.78 is 1.00. The summed E-state index contributed by atoms with van der Waals surface area (Å²) >= 11 is 0. The predicted octanol–water partition coefficient (Wildman–Crippen LogP) is -0.867. The Balaban J connectivity index is -0.0000000910. The lowest BCUT2D eigenvalue weighted by Crippen LogP contribution is -3.00. The zero-order chi connectivity index (χ0) is 7.91. The summed E-state index contributed by atoms with van der Waals surface area (Å²) in [6.45, 7) is 4.36. The number of rotatable bonds is 1. The molecule has 66 valence electrons. The molecule has 0 saturated carbocycles. The highest BCUT2D eigenvalue weighted by atomic mass is 79.9. The first-order chi connectivity index (χ1) is 3.91. The molecule has 0 aromatic carbocycles. The molecule has 0 aliphatic heterocycles. The molecule has 0 atom stereocenters. The average Bonchev–Trinajstić information content (AvgIpc) is 1.61. The molecule has 0 amide bonds. The van der Waals surface area contributed by atoms with E-state index >= 15 is 0 Å². The number of halogens is 1. The van der Waals surface area contributed by atoms with Gasteiger partial charge in [-0.05, 0) is 0 Å². The number of quaternary nitrogens is 1. The van der Waals surface area contributed by atoms with Gasteiger partial charge in [0.05, 0.1) is 28.2 Å². The molecule has 0 aliphatic carbocycles. The lowest BCUT2D eigenvalue weighted by molar-refractivity contribution is -0.849. The van der Waals surface area contributed by atoms with Crippen molar-refractivity contribution in [2.45, 2.75) is 26.7 Å². The number of nitrogens with zero attached hydrogens (tertiary/aromatic N) is 1. The highest BCUT2D eigenvalue weighted by Crippen LogP contribution is 1.76. The van der Waals surface area contributed by atoms with Crippen molar-refractivity contribution in [1.82, 2.24) is 0 Å². The molecule has 1 nitrogen and oxygen atoms in total. The zero-order valence-electron chi connectivity index (χ0n) is 8.24. The van der Waals surface area contributed by atoms with Crippen LogP contribution in [0.4, 0.5) is 0 Å². The summed E-state index contributed by atoms with van der Waals surface area (Å²) in [5.41, 5.74) is 0. The molecule has 0 rings (SSSR count). The van der Waals surface area contributed by atoms with E-state index in [9.17, 15) is 0 Å². The molecule has 0 unspecified atom stereocenters. The second-order valence-electron chi connectivity index (χ2n) is 3.68. The molecule has 0 radical (unpaired) electrons. The molecule has 0 saturated heterocycles. The minimum absolute atomic E-state index is 0. The summed E-state index contributed by atoms with van der Waals surface area (Å²) in [5, 5.41) is 0. The first kappa shape index (κ1) is 16.8. The van der Waals surface area contributed by atoms with E-state index in [0.29, 0.717) is 0 Å². The fourth-order valence-electron chi connectivity index (χ4n) is 0. The Morgan fingerprint density at radius 1 is 0.800 bits per heavy atom. The fourth-order valence-corrected chi connectivity index (χ4v) is 0. The van der Waals surface area contributed by atoms with E-state index in [2.05, 4.69) is 42.0 Å². The summed E-state index contributed by atoms with van der Waals surface area (Å²) in [5.74, 6) is 0. The molecule has 0 aromatic rings. The van der Waals surface area contributed by atoms with Crippen LogP contribution < -0.4 is 17.0 Å². The van der Waals surface area contributed by atoms with Crippen LogP contribution in [0.3, 0.4) is 0 Å². The standard InChI is InChI=1S/C4H12N.C4H10.BrH/c1-5(2,3)4;1-3-4-2;/h1-4H3;3-4H2,1-2H3;1H/q+1;;/p-1. The number of unbranched alkanes of at least 4 members (excludes halogenated alkanes) is 1. The van der Waals surface area contributed by atoms with Gasteiger partial charge in [-0.3, -0.25) is 0 Å². The van der Waals surface area contributed by atoms with Crippen LogP contribution in [0.25, 0.3) is 0 Å². The van der Waals surface area contributed by atoms with Gasteiger partial charge >= 0.3 is 0 Å². The Morgan fingerprint density at radius 2 is 0.900 bits per heavy atom. The first-order valence-corrected chi connectivity index (χ1v) is 3.70. The third kappa shape index (κ3) is 225. The molecular formula is C8H22BrN. The molecule has 0 bridgehead atoms. The molecule has 0 aliphatic rings. The molecular weight excluding hydrogens is 190 g/mol. The van der Waals surface area contributed by atoms with Crippen LogP contribution in [0.2, 0.25) is 0 Å². The maximum Gasteiger partial charge on any atom is 0.0675 e. The SMILES string of the molecule is CCCC.C[N+](C)(C)C.[Br-]. The number of hydrogen-bond donors (Lipinski definition) is 0. The van der Waals surface area contributed by atoms with Crippen molar-refractivity contribution >= 4 is 0 Å². The highest BCUT2D eigenvalue weighted by Gasteiger charge is 1.88. The van der Waals surface area contributed by atoms with Crippen LogP contribution >= 0.6 is 0 Å². The van der Waals surface area contributed by atoms with Crippen molar-refractivity contribution in [2.75, 3.05) is 28.2 Å². The molecule has 2 heteroatoms. The summed E-state index contributed by atoms with van der Waals surface area (Å²) in [4.78, 5) is 0. The van der Waals surface area contributed by atoms with Crippen LogP contribution in [-0.2, 0) is 0 Å². The van der Waals surface area contributed by atoms with Crippen LogP contribution in [0.1, 0.15) is 26.7 Å². The summed E-state index contributed by atoms with van der Waals surface area (Å²) in [6.07, 6.45) is 2.64. The summed E-state index contributed by atoms with van der Waals surface area (Å²) in [7, 11) is 8.50. The van der Waals surface area contributed by atoms with Crippen molar-refractivity contribution in [3.8, 4) is 0 Å². The Labute approximate surface area is 76.8 Å². The third-order valence-electron chi connectivity index (χ3n) is 0.500. The van der Waals surface area contributed by atoms with E-state index in [1.807, 2.05) is 0 Å². The monoisotopic (exact) mass is 211 g/mol. The van der Waals surface area contributed by atoms with Crippen molar-refractivity contribution in [2.24, 2.45) is 0 Å². The fraction of sp³-hybridized carbons (Fsp3) is 1.00. The normalized spacial score (nSPS) is 9.00. The van der Waals surface area contributed by atoms with Crippen LogP contribution in [0, 0.1) is 0 Å². The van der Waals surface area contributed by atoms with Crippen molar-refractivity contribution in [1.29, 1.82) is 0 Å². The Bertz CT molecular complexity index is 39.7. The van der Waals surface area contributed by atoms with Gasteiger partial charge in [0.1, 0.15) is 0 Å². The molecule has 0 spiro atoms. The average molecular weight is 212 g/mol. The predicted molar refractivity (Wildman–Crippen MR) is 44.5 cm³/mol. The maximum atomic E-state index is 2.18. The van der Waals surface area contributed by atoms with Gasteiger partial charge in [0.25, 0.3) is 0 Å². The zero-order valence-corrected chi connectivity index (χ0v) is 9.83. The molecule has 0 N–H and O–H groups in total. The van der Waals surface area contributed by atoms with E-state index in [4.69, 9.17) is 0 Å². The van der Waals surface area contributed by atoms with Gasteiger partial charge in [-0.15, -0.1) is 0 Å². The molecule has 0 aromatic heterocycles. The van der Waals surface area contributed by atoms with E-state index in [0.717, 1.165) is 4.48 Å². The molecule has 0 heterocycles. The number of hydrogen-bond acceptors (Lipinski definition) is 0. The lowest BCUT2D eigenvalue weighted by atomic mass is 10.4. The van der Waals surface area contributed by atoms with Crippen molar-refractivity contribution in [3.05, 3.63) is 0 Å². The topological polar surface area (TPSA) is 0 Å². The van der Waals surface area contributed by atoms with Gasteiger partial charge in [0.15, 0.2) is 0 Å². The van der Waals surface area contributed by atoms with E-state index in [1.54, 1.807) is 0 Å². The van der Waals surface area contributed by atoms with Crippen LogP contribution in [0.5, 0.6) is 0 Å². The minimum atomic E-state index is 0. The van der Waals surface area contributed by atoms with Crippen LogP contribution in [0.15, 0.2) is 0 Å². The van der Waals surface area contributed by atoms with Gasteiger partial charge in [-0.2, -0.15) is 0 Å². The second kappa shape index (κ2) is 9.44. The Morgan fingerprint density at radius 3 is 0.900 bits per heavy atom. The minimum Gasteiger partial charge on any atom is -1.00 e. The summed E-state index contributed by atoms with van der Waals surface area (Å²) in [6, 6.07) is 0. The second-order valence-corrected chi connectivity index (χ2v) is 3.68. The van der Waals surface area contributed by atoms with Gasteiger partial charge in [-0.1, -0.05) is 26.7 Å². The van der Waals surface area contributed by atoms with E-state index < -0.39 is 0 Å². The van der Waals surface area contributed by atoms with E-state index in [1.165, 1.54) is 12.8 Å². The van der Waals surface area contributed by atoms with Crippen molar-refractivity contribution < 1.29 is 21.5 Å². The molecule has 10 heavy (non-hydrogen) atoms. The van der Waals surface area contributed by atoms with E-state index in [-0.39, 0.29) is 17.0 Å². The first-order valence-electron chi connectivity index (χ1n) is 3.70. The van der Waals surface area contributed by atoms with Gasteiger partial charge < -0.3 is 21.5 Å². The quantitative estimate of drug-likeness (QED) is 0.496. The lowest BCUT2D eigenvalue weighted by Gasteiger charge is -2.14. The van der Waals surface area contributed by atoms with Gasteiger partial charge in [0, 0.05) is 0 Å². The Hall–Kier alpha value is 0.440. The maximum absolute atomic E-state index is 2.18. The Kier molecular flexibility index (Phi) is 15.9. The van der Waals surface area contributed by atoms with Gasteiger partial charge in [0.2, 0.25) is 0 Å². The smallest absolute Gasteiger partial charge is 0.0675 e.